The molecule has 40 heavy (non-hydrogen) atoms. The summed E-state index contributed by atoms with van der Waals surface area (Å²) in [5.41, 5.74) is 6.12. The summed E-state index contributed by atoms with van der Waals surface area (Å²) >= 11 is 0. The van der Waals surface area contributed by atoms with Gasteiger partial charge in [-0.15, -0.1) is 0 Å². The van der Waals surface area contributed by atoms with Gasteiger partial charge in [-0.3, -0.25) is 9.78 Å². The second kappa shape index (κ2) is 9.78. The van der Waals surface area contributed by atoms with Crippen molar-refractivity contribution in [1.29, 1.82) is 0 Å². The number of pyridine rings is 1. The molecule has 212 valence electrons. The lowest BCUT2D eigenvalue weighted by molar-refractivity contribution is -0.119. The van der Waals surface area contributed by atoms with Crippen LogP contribution in [0.3, 0.4) is 0 Å². The molecule has 1 spiro atoms. The van der Waals surface area contributed by atoms with Crippen molar-refractivity contribution in [3.63, 3.8) is 0 Å². The highest BCUT2D eigenvalue weighted by molar-refractivity contribution is 7.91. The number of ether oxygens (including phenoxy) is 2. The van der Waals surface area contributed by atoms with E-state index in [4.69, 9.17) is 19.7 Å². The number of amides is 1. The van der Waals surface area contributed by atoms with Crippen molar-refractivity contribution < 1.29 is 31.6 Å². The minimum atomic E-state index is -4.10. The number of benzene rings is 1. The van der Waals surface area contributed by atoms with Gasteiger partial charge in [0.15, 0.2) is 9.84 Å². The van der Waals surface area contributed by atoms with Gasteiger partial charge in [0.25, 0.3) is 0 Å². The van der Waals surface area contributed by atoms with Gasteiger partial charge >= 0.3 is 6.01 Å². The molecule has 0 unspecified atom stereocenters. The van der Waals surface area contributed by atoms with E-state index in [9.17, 15) is 13.2 Å². The Labute approximate surface area is 230 Å². The number of anilines is 2. The SMILES string of the molecule is CC(C)Oc1ccc(CN2C(=O)[C@@H](N)CS(=O)(=O)c3cc(F)c(-c4noc(N5CCOC6(CC6)C5)n4)cc32)nc1. The summed E-state index contributed by atoms with van der Waals surface area (Å²) in [5, 5.41) is 3.96. The van der Waals surface area contributed by atoms with Crippen LogP contribution in [0.25, 0.3) is 11.4 Å². The Bertz CT molecular complexity index is 1560. The van der Waals surface area contributed by atoms with Gasteiger partial charge in [0, 0.05) is 6.54 Å². The Morgan fingerprint density at radius 1 is 1.27 bits per heavy atom. The number of carbonyl (C=O) groups excluding carboxylic acids is 1. The van der Waals surface area contributed by atoms with Crippen molar-refractivity contribution in [3.05, 3.63) is 42.0 Å². The highest BCUT2D eigenvalue weighted by Gasteiger charge is 2.48. The van der Waals surface area contributed by atoms with Crippen LogP contribution in [0.4, 0.5) is 16.1 Å². The van der Waals surface area contributed by atoms with E-state index < -0.39 is 33.4 Å². The number of hydrogen-bond acceptors (Lipinski definition) is 11. The molecule has 2 aromatic heterocycles. The summed E-state index contributed by atoms with van der Waals surface area (Å²) in [5.74, 6) is -1.69. The van der Waals surface area contributed by atoms with Crippen LogP contribution in [0.5, 0.6) is 5.75 Å². The maximum absolute atomic E-state index is 15.4. The monoisotopic (exact) mass is 572 g/mol. The fourth-order valence-electron chi connectivity index (χ4n) is 4.97. The molecule has 3 aliphatic rings. The Hall–Kier alpha value is -3.62. The van der Waals surface area contributed by atoms with Crippen molar-refractivity contribution in [2.75, 3.05) is 35.2 Å². The van der Waals surface area contributed by atoms with Crippen LogP contribution in [0.2, 0.25) is 0 Å². The first kappa shape index (κ1) is 26.6. The summed E-state index contributed by atoms with van der Waals surface area (Å²) < 4.78 is 58.6. The zero-order valence-electron chi connectivity index (χ0n) is 22.0. The molecule has 6 rings (SSSR count). The lowest BCUT2D eigenvalue weighted by Gasteiger charge is -2.31. The molecule has 2 aliphatic heterocycles. The lowest BCUT2D eigenvalue weighted by atomic mass is 10.1. The number of nitrogens with two attached hydrogens (primary N) is 1. The third-order valence-electron chi connectivity index (χ3n) is 7.13. The minimum Gasteiger partial charge on any atom is -0.489 e. The van der Waals surface area contributed by atoms with E-state index in [-0.39, 0.29) is 46.2 Å². The van der Waals surface area contributed by atoms with Gasteiger partial charge < -0.3 is 29.5 Å². The van der Waals surface area contributed by atoms with E-state index in [1.165, 1.54) is 17.2 Å². The third-order valence-corrected chi connectivity index (χ3v) is 8.92. The van der Waals surface area contributed by atoms with E-state index >= 15 is 4.39 Å². The highest BCUT2D eigenvalue weighted by atomic mass is 32.2. The Kier molecular flexibility index (Phi) is 6.50. The molecule has 14 heteroatoms. The number of nitrogens with zero attached hydrogens (tertiary/aromatic N) is 5. The van der Waals surface area contributed by atoms with E-state index in [0.717, 1.165) is 18.9 Å². The summed E-state index contributed by atoms with van der Waals surface area (Å²) in [7, 11) is -4.10. The standard InChI is InChI=1S/C26H29FN6O6S/c1-15(2)38-17-4-3-16(29-11-17)12-33-21-9-18(19(27)10-22(21)40(35,36)13-20(28)24(33)34)23-30-25(39-31-23)32-7-8-37-26(14-32)5-6-26/h3-4,9-11,15,20H,5-8,12-14,28H2,1-2H3/t20-/m0/s1. The van der Waals surface area contributed by atoms with Gasteiger partial charge in [-0.2, -0.15) is 4.98 Å². The molecule has 1 aromatic carbocycles. The molecule has 1 saturated carbocycles. The smallest absolute Gasteiger partial charge is 0.324 e. The quantitative estimate of drug-likeness (QED) is 0.462. The first-order chi connectivity index (χ1) is 19.0. The molecule has 1 saturated heterocycles. The van der Waals surface area contributed by atoms with Crippen molar-refractivity contribution >= 4 is 27.4 Å². The van der Waals surface area contributed by atoms with Gasteiger partial charge in [-0.25, -0.2) is 12.8 Å². The number of aromatic nitrogens is 3. The summed E-state index contributed by atoms with van der Waals surface area (Å²) in [4.78, 5) is 24.9. The minimum absolute atomic E-state index is 0.0340. The lowest BCUT2D eigenvalue weighted by Crippen LogP contribution is -2.45. The average molecular weight is 573 g/mol. The van der Waals surface area contributed by atoms with Crippen molar-refractivity contribution in [2.45, 2.75) is 55.9 Å². The van der Waals surface area contributed by atoms with Crippen molar-refractivity contribution in [2.24, 2.45) is 5.73 Å². The number of rotatable bonds is 6. The fraction of sp³-hybridized carbons (Fsp3) is 0.462. The number of fused-ring (bicyclic) bond motifs is 1. The van der Waals surface area contributed by atoms with E-state index in [1.54, 1.807) is 12.1 Å². The van der Waals surface area contributed by atoms with Crippen molar-refractivity contribution in [1.82, 2.24) is 15.1 Å². The maximum Gasteiger partial charge on any atom is 0.324 e. The summed E-state index contributed by atoms with van der Waals surface area (Å²) in [6, 6.07) is 4.38. The zero-order valence-corrected chi connectivity index (χ0v) is 22.9. The molecule has 3 aromatic rings. The Morgan fingerprint density at radius 3 is 2.77 bits per heavy atom. The van der Waals surface area contributed by atoms with Crippen LogP contribution in [0.1, 0.15) is 32.4 Å². The Morgan fingerprint density at radius 2 is 2.08 bits per heavy atom. The van der Waals surface area contributed by atoms with E-state index in [2.05, 4.69) is 15.1 Å². The number of carbonyl (C=O) groups is 1. The first-order valence-electron chi connectivity index (χ1n) is 13.0. The third kappa shape index (κ3) is 5.02. The van der Waals surface area contributed by atoms with Crippen molar-refractivity contribution in [3.8, 4) is 17.1 Å². The molecule has 12 nitrogen and oxygen atoms in total. The van der Waals surface area contributed by atoms with Crippen LogP contribution >= 0.6 is 0 Å². The second-order valence-electron chi connectivity index (χ2n) is 10.6. The summed E-state index contributed by atoms with van der Waals surface area (Å²) in [6.45, 7) is 5.32. The van der Waals surface area contributed by atoms with Crippen LogP contribution in [0, 0.1) is 5.82 Å². The number of morpholine rings is 1. The molecule has 1 atom stereocenters. The van der Waals surface area contributed by atoms with Gasteiger partial charge in [-0.1, -0.05) is 5.16 Å². The molecule has 4 heterocycles. The maximum atomic E-state index is 15.4. The van der Waals surface area contributed by atoms with Gasteiger partial charge in [0.1, 0.15) is 11.6 Å². The van der Waals surface area contributed by atoms with Crippen LogP contribution in [-0.2, 0) is 25.9 Å². The fourth-order valence-corrected chi connectivity index (χ4v) is 6.53. The first-order valence-corrected chi connectivity index (χ1v) is 14.7. The van der Waals surface area contributed by atoms with E-state index in [1.807, 2.05) is 18.7 Å². The van der Waals surface area contributed by atoms with Crippen LogP contribution < -0.4 is 20.3 Å². The molecule has 2 fully saturated rings. The normalized spacial score (nSPS) is 21.4. The Balaban J connectivity index is 1.37. The molecule has 0 bridgehead atoms. The molecule has 2 N–H and O–H groups in total. The van der Waals surface area contributed by atoms with Crippen LogP contribution in [0.15, 0.2) is 39.9 Å². The van der Waals surface area contributed by atoms with E-state index in [0.29, 0.717) is 31.1 Å². The zero-order chi connectivity index (χ0) is 28.2. The number of sulfone groups is 1. The van der Waals surface area contributed by atoms with Crippen LogP contribution in [-0.4, -0.2) is 72.6 Å². The molecule has 1 amide bonds. The highest BCUT2D eigenvalue weighted by Crippen LogP contribution is 2.43. The van der Waals surface area contributed by atoms with Gasteiger partial charge in [0.05, 0.1) is 71.2 Å². The predicted octanol–water partition coefficient (Wildman–Crippen LogP) is 2.07. The molecule has 0 radical (unpaired) electrons. The summed E-state index contributed by atoms with van der Waals surface area (Å²) in [6.07, 6.45) is 3.37. The van der Waals surface area contributed by atoms with Gasteiger partial charge in [-0.05, 0) is 51.0 Å². The number of hydrogen-bond donors (Lipinski definition) is 1. The largest absolute Gasteiger partial charge is 0.489 e. The molecular weight excluding hydrogens is 543 g/mol. The number of halogens is 1. The predicted molar refractivity (Wildman–Crippen MR) is 141 cm³/mol. The second-order valence-corrected chi connectivity index (χ2v) is 12.6. The average Bonchev–Trinajstić information content (AvgIpc) is 3.47. The van der Waals surface area contributed by atoms with Gasteiger partial charge in [0.2, 0.25) is 11.7 Å². The topological polar surface area (TPSA) is 154 Å². The molecule has 1 aliphatic carbocycles. The molecular formula is C26H29FN6O6S.